The average molecular weight is 168 g/mol. The molecule has 0 heterocycles. The van der Waals surface area contributed by atoms with E-state index in [1.807, 2.05) is 0 Å². The molecular formula is C4H12N2O3S. The van der Waals surface area contributed by atoms with E-state index in [1.165, 1.54) is 6.92 Å². The molecular weight excluding hydrogens is 156 g/mol. The normalized spacial score (nSPS) is 18.4. The lowest BCUT2D eigenvalue weighted by atomic mass is 10.6. The lowest BCUT2D eigenvalue weighted by Crippen LogP contribution is -2.44. The summed E-state index contributed by atoms with van der Waals surface area (Å²) in [5.41, 5.74) is 5.20. The summed E-state index contributed by atoms with van der Waals surface area (Å²) in [5.74, 6) is 0. The maximum Gasteiger partial charge on any atom is 0.280 e. The van der Waals surface area contributed by atoms with Gasteiger partial charge < -0.3 is 5.73 Å². The van der Waals surface area contributed by atoms with E-state index in [1.54, 1.807) is 6.92 Å². The van der Waals surface area contributed by atoms with Crippen LogP contribution >= 0.6 is 0 Å². The number of nitrogens with two attached hydrogens (primary N) is 1. The Bertz CT molecular complexity index is 187. The summed E-state index contributed by atoms with van der Waals surface area (Å²) < 4.78 is 29.0. The van der Waals surface area contributed by atoms with Crippen molar-refractivity contribution in [3.05, 3.63) is 0 Å². The molecule has 62 valence electrons. The zero-order valence-electron chi connectivity index (χ0n) is 5.90. The summed E-state index contributed by atoms with van der Waals surface area (Å²) in [6.07, 6.45) is -0.447. The Hall–Kier alpha value is -0.170. The van der Waals surface area contributed by atoms with Gasteiger partial charge in [-0.05, 0) is 13.8 Å². The number of rotatable bonds is 3. The number of hydrogen-bond acceptors (Lipinski definition) is 4. The molecule has 0 saturated carbocycles. The van der Waals surface area contributed by atoms with Crippen LogP contribution < -0.4 is 11.1 Å². The first kappa shape index (κ1) is 9.83. The van der Waals surface area contributed by atoms with Crippen LogP contribution in [-0.4, -0.2) is 24.5 Å². The van der Waals surface area contributed by atoms with Crippen molar-refractivity contribution < 1.29 is 13.0 Å². The predicted molar refractivity (Wildman–Crippen MR) is 37.8 cm³/mol. The van der Waals surface area contributed by atoms with Crippen molar-refractivity contribution in [2.45, 2.75) is 25.4 Å². The highest BCUT2D eigenvalue weighted by atomic mass is 32.2. The molecule has 0 radical (unpaired) electrons. The molecule has 0 aliphatic carbocycles. The monoisotopic (exact) mass is 168 g/mol. The second kappa shape index (κ2) is 3.29. The number of hydrogen-bond donors (Lipinski definition) is 3. The van der Waals surface area contributed by atoms with E-state index in [0.29, 0.717) is 0 Å². The summed E-state index contributed by atoms with van der Waals surface area (Å²) in [6.45, 7) is 2.90. The average Bonchev–Trinajstić information content (AvgIpc) is 1.60. The Morgan fingerprint density at radius 2 is 1.90 bits per heavy atom. The van der Waals surface area contributed by atoms with Gasteiger partial charge in [0.15, 0.2) is 0 Å². The molecule has 2 atom stereocenters. The molecule has 0 spiro atoms. The Morgan fingerprint density at radius 3 is 2.00 bits per heavy atom. The first-order valence-corrected chi connectivity index (χ1v) is 4.32. The zero-order valence-corrected chi connectivity index (χ0v) is 6.72. The Kier molecular flexibility index (Phi) is 3.23. The Morgan fingerprint density at radius 1 is 1.50 bits per heavy atom. The van der Waals surface area contributed by atoms with Gasteiger partial charge in [-0.1, -0.05) is 0 Å². The third kappa shape index (κ3) is 3.78. The third-order valence-corrected chi connectivity index (χ3v) is 1.97. The van der Waals surface area contributed by atoms with Crippen molar-refractivity contribution in [2.75, 3.05) is 0 Å². The molecule has 4 N–H and O–H groups in total. The molecule has 0 rings (SSSR count). The van der Waals surface area contributed by atoms with E-state index in [0.717, 1.165) is 0 Å². The largest absolute Gasteiger partial charge is 0.316 e. The molecule has 0 aromatic rings. The van der Waals surface area contributed by atoms with Gasteiger partial charge in [-0.25, -0.2) is 0 Å². The van der Waals surface area contributed by atoms with E-state index < -0.39 is 21.7 Å². The molecule has 0 aromatic carbocycles. The van der Waals surface area contributed by atoms with Gasteiger partial charge in [-0.3, -0.25) is 9.87 Å². The molecule has 0 aliphatic heterocycles. The van der Waals surface area contributed by atoms with Crippen LogP contribution in [0.4, 0.5) is 0 Å². The molecule has 0 aromatic heterocycles. The lowest BCUT2D eigenvalue weighted by Gasteiger charge is -2.12. The highest BCUT2D eigenvalue weighted by molar-refractivity contribution is 7.86. The smallest absolute Gasteiger partial charge is 0.280 e. The van der Waals surface area contributed by atoms with E-state index in [-0.39, 0.29) is 0 Å². The second-order valence-corrected chi connectivity index (χ2v) is 3.85. The van der Waals surface area contributed by atoms with Gasteiger partial charge in [0.2, 0.25) is 0 Å². The van der Waals surface area contributed by atoms with Gasteiger partial charge in [0.05, 0.1) is 6.17 Å². The Labute approximate surface area is 60.4 Å². The van der Waals surface area contributed by atoms with Crippen molar-refractivity contribution in [2.24, 2.45) is 5.73 Å². The molecule has 0 amide bonds. The molecule has 0 saturated heterocycles. The lowest BCUT2D eigenvalue weighted by molar-refractivity contribution is 0.441. The number of nitrogens with one attached hydrogen (secondary N) is 1. The molecule has 2 unspecified atom stereocenters. The second-order valence-electron chi connectivity index (χ2n) is 2.11. The fraction of sp³-hybridized carbons (Fsp3) is 1.00. The maximum absolute atomic E-state index is 10.3. The molecule has 10 heavy (non-hydrogen) atoms. The molecule has 0 fully saturated rings. The van der Waals surface area contributed by atoms with Gasteiger partial charge >= 0.3 is 0 Å². The topological polar surface area (TPSA) is 92.4 Å². The minimum Gasteiger partial charge on any atom is -0.316 e. The van der Waals surface area contributed by atoms with Gasteiger partial charge in [0, 0.05) is 0 Å². The predicted octanol–water partition coefficient (Wildman–Crippen LogP) is -0.885. The summed E-state index contributed by atoms with van der Waals surface area (Å²) in [4.78, 5) is 0. The minimum atomic E-state index is -3.99. The highest BCUT2D eigenvalue weighted by Crippen LogP contribution is 1.91. The van der Waals surface area contributed by atoms with E-state index in [9.17, 15) is 8.42 Å². The summed E-state index contributed by atoms with van der Waals surface area (Å²) in [6, 6.07) is 0. The van der Waals surface area contributed by atoms with Gasteiger partial charge in [-0.15, -0.1) is 0 Å². The van der Waals surface area contributed by atoms with E-state index in [4.69, 9.17) is 10.3 Å². The van der Waals surface area contributed by atoms with Crippen LogP contribution in [0.25, 0.3) is 0 Å². The zero-order chi connectivity index (χ0) is 8.36. The van der Waals surface area contributed by atoms with Crippen LogP contribution in [0, 0.1) is 0 Å². The Balaban J connectivity index is 3.99. The van der Waals surface area contributed by atoms with Crippen molar-refractivity contribution in [3.8, 4) is 0 Å². The van der Waals surface area contributed by atoms with E-state index in [2.05, 4.69) is 5.32 Å². The van der Waals surface area contributed by atoms with Crippen LogP contribution in [-0.2, 0) is 10.1 Å². The standard InChI is InChI=1S/C4H12N2O3S/c1-3(5)6-4(2)10(7,8)9/h3-4,6H,5H2,1-2H3,(H,7,8,9). The third-order valence-electron chi connectivity index (χ3n) is 0.944. The van der Waals surface area contributed by atoms with Crippen LogP contribution in [0.3, 0.4) is 0 Å². The molecule has 5 nitrogen and oxygen atoms in total. The maximum atomic E-state index is 10.3. The van der Waals surface area contributed by atoms with Crippen LogP contribution in [0.2, 0.25) is 0 Å². The highest BCUT2D eigenvalue weighted by Gasteiger charge is 2.16. The summed E-state index contributed by atoms with van der Waals surface area (Å²) in [7, 11) is -3.99. The van der Waals surface area contributed by atoms with Crippen molar-refractivity contribution >= 4 is 10.1 Å². The quantitative estimate of drug-likeness (QED) is 0.376. The molecule has 0 bridgehead atoms. The van der Waals surface area contributed by atoms with Gasteiger partial charge in [0.1, 0.15) is 5.37 Å². The first-order valence-electron chi connectivity index (χ1n) is 2.82. The minimum absolute atomic E-state index is 0.447. The molecule has 6 heteroatoms. The van der Waals surface area contributed by atoms with E-state index >= 15 is 0 Å². The van der Waals surface area contributed by atoms with Crippen molar-refractivity contribution in [1.29, 1.82) is 0 Å². The molecule has 0 aliphatic rings. The van der Waals surface area contributed by atoms with Crippen LogP contribution in [0.5, 0.6) is 0 Å². The fourth-order valence-corrected chi connectivity index (χ4v) is 0.843. The summed E-state index contributed by atoms with van der Waals surface area (Å²) >= 11 is 0. The van der Waals surface area contributed by atoms with Gasteiger partial charge in [0.25, 0.3) is 10.1 Å². The van der Waals surface area contributed by atoms with Crippen molar-refractivity contribution in [1.82, 2.24) is 5.32 Å². The van der Waals surface area contributed by atoms with Crippen molar-refractivity contribution in [3.63, 3.8) is 0 Å². The van der Waals surface area contributed by atoms with Gasteiger partial charge in [-0.2, -0.15) is 8.42 Å². The van der Waals surface area contributed by atoms with Crippen LogP contribution in [0.1, 0.15) is 13.8 Å². The first-order chi connectivity index (χ1) is 4.34. The SMILES string of the molecule is CC(N)NC(C)S(=O)(=O)O. The van der Waals surface area contributed by atoms with Crippen LogP contribution in [0.15, 0.2) is 0 Å². The summed E-state index contributed by atoms with van der Waals surface area (Å²) in [5, 5.41) is 1.42. The fourth-order valence-electron chi connectivity index (χ4n) is 0.456.